The van der Waals surface area contributed by atoms with Crippen molar-refractivity contribution < 1.29 is 4.74 Å². The first-order chi connectivity index (χ1) is 12.2. The van der Waals surface area contributed by atoms with Gasteiger partial charge in [0.2, 0.25) is 0 Å². The molecule has 0 saturated heterocycles. The Labute approximate surface area is 178 Å². The van der Waals surface area contributed by atoms with Gasteiger partial charge in [-0.25, -0.2) is 0 Å². The average Bonchev–Trinajstić information content (AvgIpc) is 3.42. The summed E-state index contributed by atoms with van der Waals surface area (Å²) in [4.78, 5) is 4.84. The summed E-state index contributed by atoms with van der Waals surface area (Å²) in [6, 6.07) is 8.22. The van der Waals surface area contributed by atoms with Gasteiger partial charge in [-0.1, -0.05) is 35.4 Å². The van der Waals surface area contributed by atoms with E-state index in [0.29, 0.717) is 0 Å². The molecule has 0 amide bonds. The molecular formula is C20H29ClIN3O. The Bertz CT molecular complexity index is 644. The van der Waals surface area contributed by atoms with E-state index >= 15 is 0 Å². The van der Waals surface area contributed by atoms with Crippen LogP contribution < -0.4 is 10.6 Å². The van der Waals surface area contributed by atoms with Crippen LogP contribution in [0.25, 0.3) is 0 Å². The van der Waals surface area contributed by atoms with Crippen molar-refractivity contribution >= 4 is 41.5 Å². The van der Waals surface area contributed by atoms with E-state index in [-0.39, 0.29) is 29.4 Å². The van der Waals surface area contributed by atoms with Crippen LogP contribution in [-0.4, -0.2) is 38.8 Å². The Morgan fingerprint density at radius 2 is 2.15 bits per heavy atom. The maximum atomic E-state index is 6.16. The zero-order valence-corrected chi connectivity index (χ0v) is 18.5. The number of halogens is 2. The summed E-state index contributed by atoms with van der Waals surface area (Å²) in [5.74, 6) is 0.906. The Morgan fingerprint density at radius 3 is 2.81 bits per heavy atom. The van der Waals surface area contributed by atoms with Crippen LogP contribution in [0.1, 0.15) is 38.2 Å². The lowest BCUT2D eigenvalue weighted by Gasteiger charge is -2.17. The maximum absolute atomic E-state index is 6.16. The van der Waals surface area contributed by atoms with Crippen LogP contribution in [0.3, 0.4) is 0 Å². The van der Waals surface area contributed by atoms with Gasteiger partial charge in [0.15, 0.2) is 5.96 Å². The molecule has 1 aromatic rings. The fourth-order valence-electron chi connectivity index (χ4n) is 3.21. The second kappa shape index (κ2) is 10.5. The van der Waals surface area contributed by atoms with E-state index in [1.165, 1.54) is 24.0 Å². The quantitative estimate of drug-likeness (QED) is 0.260. The van der Waals surface area contributed by atoms with Crippen molar-refractivity contribution in [1.82, 2.24) is 10.6 Å². The summed E-state index contributed by atoms with van der Waals surface area (Å²) < 4.78 is 5.36. The maximum Gasteiger partial charge on any atom is 0.191 e. The van der Waals surface area contributed by atoms with Gasteiger partial charge in [0.1, 0.15) is 0 Å². The monoisotopic (exact) mass is 489 g/mol. The highest BCUT2D eigenvalue weighted by atomic mass is 127. The van der Waals surface area contributed by atoms with Crippen LogP contribution >= 0.6 is 35.6 Å². The standard InChI is InChI=1S/C20H28ClN3O.HI/c1-2-22-19(23-11-6-16-7-12-25-13-8-16)24-15-20(9-10-20)17-4-3-5-18(21)14-17;/h3-5,7,14H,2,6,8-13,15H2,1H3,(H2,22,23,24);1H. The minimum absolute atomic E-state index is 0. The Hall–Kier alpha value is -0.790. The SMILES string of the molecule is CCNC(=NCC1(c2cccc(Cl)c2)CC1)NCCC1=CCOCC1.I. The molecule has 1 fully saturated rings. The fraction of sp³-hybridized carbons (Fsp3) is 0.550. The largest absolute Gasteiger partial charge is 0.377 e. The number of ether oxygens (including phenoxy) is 1. The first-order valence-electron chi connectivity index (χ1n) is 9.26. The summed E-state index contributed by atoms with van der Waals surface area (Å²) in [6.07, 6.45) is 6.67. The van der Waals surface area contributed by atoms with Gasteiger partial charge in [-0.05, 0) is 50.3 Å². The van der Waals surface area contributed by atoms with E-state index in [0.717, 1.165) is 56.7 Å². The fourth-order valence-corrected chi connectivity index (χ4v) is 3.40. The molecule has 2 aliphatic rings. The molecule has 1 heterocycles. The Kier molecular flexibility index (Phi) is 8.70. The summed E-state index contributed by atoms with van der Waals surface area (Å²) >= 11 is 6.16. The number of hydrogen-bond donors (Lipinski definition) is 2. The lowest BCUT2D eigenvalue weighted by atomic mass is 9.96. The number of guanidine groups is 1. The zero-order chi connectivity index (χ0) is 17.5. The topological polar surface area (TPSA) is 45.7 Å². The van der Waals surface area contributed by atoms with Gasteiger partial charge in [-0.3, -0.25) is 4.99 Å². The van der Waals surface area contributed by atoms with Crippen LogP contribution in [0.5, 0.6) is 0 Å². The first-order valence-corrected chi connectivity index (χ1v) is 9.63. The molecule has 144 valence electrons. The molecule has 1 saturated carbocycles. The molecule has 2 N–H and O–H groups in total. The summed E-state index contributed by atoms with van der Waals surface area (Å²) in [6.45, 7) is 6.28. The van der Waals surface area contributed by atoms with E-state index in [1.807, 2.05) is 12.1 Å². The molecule has 26 heavy (non-hydrogen) atoms. The molecule has 4 nitrogen and oxygen atoms in total. The van der Waals surface area contributed by atoms with E-state index < -0.39 is 0 Å². The molecular weight excluding hydrogens is 461 g/mol. The second-order valence-corrected chi connectivity index (χ2v) is 7.29. The molecule has 0 unspecified atom stereocenters. The summed E-state index contributed by atoms with van der Waals surface area (Å²) in [7, 11) is 0. The zero-order valence-electron chi connectivity index (χ0n) is 15.4. The van der Waals surface area contributed by atoms with E-state index in [1.54, 1.807) is 0 Å². The normalized spacial score (nSPS) is 18.5. The summed E-state index contributed by atoms with van der Waals surface area (Å²) in [5.41, 5.74) is 2.97. The minimum atomic E-state index is 0. The summed E-state index contributed by atoms with van der Waals surface area (Å²) in [5, 5.41) is 7.62. The number of nitrogens with zero attached hydrogens (tertiary/aromatic N) is 1. The number of aliphatic imine (C=N–C) groups is 1. The number of nitrogens with one attached hydrogen (secondary N) is 2. The third kappa shape index (κ3) is 6.13. The van der Waals surface area contributed by atoms with Crippen molar-refractivity contribution in [2.24, 2.45) is 4.99 Å². The lowest BCUT2D eigenvalue weighted by Crippen LogP contribution is -2.38. The van der Waals surface area contributed by atoms with Crippen LogP contribution in [0.2, 0.25) is 5.02 Å². The van der Waals surface area contributed by atoms with Gasteiger partial charge in [0.25, 0.3) is 0 Å². The van der Waals surface area contributed by atoms with E-state index in [2.05, 4.69) is 35.8 Å². The molecule has 1 aromatic carbocycles. The molecule has 1 aliphatic heterocycles. The van der Waals surface area contributed by atoms with Crippen LogP contribution in [0.15, 0.2) is 40.9 Å². The molecule has 1 aliphatic carbocycles. The molecule has 0 aromatic heterocycles. The van der Waals surface area contributed by atoms with Crippen molar-refractivity contribution in [3.8, 4) is 0 Å². The van der Waals surface area contributed by atoms with Gasteiger partial charge in [0.05, 0.1) is 19.8 Å². The van der Waals surface area contributed by atoms with Gasteiger partial charge in [-0.15, -0.1) is 24.0 Å². The second-order valence-electron chi connectivity index (χ2n) is 6.85. The van der Waals surface area contributed by atoms with Crippen LogP contribution in [-0.2, 0) is 10.2 Å². The van der Waals surface area contributed by atoms with Gasteiger partial charge in [-0.2, -0.15) is 0 Å². The Balaban J connectivity index is 0.00000243. The molecule has 0 radical (unpaired) electrons. The number of rotatable bonds is 7. The molecule has 3 rings (SSSR count). The van der Waals surface area contributed by atoms with Gasteiger partial charge >= 0.3 is 0 Å². The van der Waals surface area contributed by atoms with Crippen molar-refractivity contribution in [3.63, 3.8) is 0 Å². The molecule has 0 atom stereocenters. The number of hydrogen-bond acceptors (Lipinski definition) is 2. The predicted molar refractivity (Wildman–Crippen MR) is 120 cm³/mol. The third-order valence-electron chi connectivity index (χ3n) is 4.97. The highest BCUT2D eigenvalue weighted by molar-refractivity contribution is 14.0. The predicted octanol–water partition coefficient (Wildman–Crippen LogP) is 4.28. The molecule has 6 heteroatoms. The highest BCUT2D eigenvalue weighted by Gasteiger charge is 2.44. The Morgan fingerprint density at radius 1 is 1.31 bits per heavy atom. The molecule has 0 spiro atoms. The van der Waals surface area contributed by atoms with Crippen molar-refractivity contribution in [3.05, 3.63) is 46.5 Å². The van der Waals surface area contributed by atoms with Crippen molar-refractivity contribution in [2.45, 2.75) is 38.0 Å². The lowest BCUT2D eigenvalue weighted by molar-refractivity contribution is 0.153. The highest BCUT2D eigenvalue weighted by Crippen LogP contribution is 2.48. The van der Waals surface area contributed by atoms with Crippen molar-refractivity contribution in [2.75, 3.05) is 32.8 Å². The van der Waals surface area contributed by atoms with E-state index in [4.69, 9.17) is 21.3 Å². The third-order valence-corrected chi connectivity index (χ3v) is 5.21. The van der Waals surface area contributed by atoms with Crippen LogP contribution in [0, 0.1) is 0 Å². The van der Waals surface area contributed by atoms with Gasteiger partial charge < -0.3 is 15.4 Å². The van der Waals surface area contributed by atoms with Gasteiger partial charge in [0, 0.05) is 23.5 Å². The van der Waals surface area contributed by atoms with Crippen molar-refractivity contribution in [1.29, 1.82) is 0 Å². The van der Waals surface area contributed by atoms with Crippen LogP contribution in [0.4, 0.5) is 0 Å². The van der Waals surface area contributed by atoms with E-state index in [9.17, 15) is 0 Å². The smallest absolute Gasteiger partial charge is 0.191 e. The first kappa shape index (κ1) is 21.5. The average molecular weight is 490 g/mol. The minimum Gasteiger partial charge on any atom is -0.377 e. The number of benzene rings is 1. The molecule has 0 bridgehead atoms.